The Morgan fingerprint density at radius 2 is 2.00 bits per heavy atom. The second-order valence-electron chi connectivity index (χ2n) is 5.30. The van der Waals surface area contributed by atoms with Crippen molar-refractivity contribution >= 4 is 28.9 Å². The van der Waals surface area contributed by atoms with Gasteiger partial charge in [0.25, 0.3) is 5.91 Å². The number of hydrogen-bond donors (Lipinski definition) is 2. The van der Waals surface area contributed by atoms with Crippen LogP contribution in [-0.4, -0.2) is 28.6 Å². The molecule has 1 aromatic carbocycles. The molecule has 0 aliphatic heterocycles. The molecule has 0 heterocycles. The summed E-state index contributed by atoms with van der Waals surface area (Å²) in [6, 6.07) is 3.95. The van der Waals surface area contributed by atoms with Crippen LogP contribution in [0.25, 0.3) is 0 Å². The summed E-state index contributed by atoms with van der Waals surface area (Å²) in [5.74, 6) is -0.436. The smallest absolute Gasteiger partial charge is 0.311 e. The van der Waals surface area contributed by atoms with Gasteiger partial charge in [-0.3, -0.25) is 20.2 Å². The van der Waals surface area contributed by atoms with E-state index < -0.39 is 10.8 Å². The highest BCUT2D eigenvalue weighted by Gasteiger charge is 2.19. The lowest BCUT2D eigenvalue weighted by Gasteiger charge is -2.22. The van der Waals surface area contributed by atoms with Crippen LogP contribution < -0.4 is 15.4 Å². The number of hydrogen-bond acceptors (Lipinski definition) is 5. The molecule has 2 N–H and O–H groups in total. The van der Waals surface area contributed by atoms with Crippen molar-refractivity contribution in [2.75, 3.05) is 7.11 Å². The van der Waals surface area contributed by atoms with Crippen molar-refractivity contribution in [1.29, 1.82) is 0 Å². The summed E-state index contributed by atoms with van der Waals surface area (Å²) >= 11 is 5.01. The molecule has 8 heteroatoms. The van der Waals surface area contributed by atoms with Crippen LogP contribution in [0.4, 0.5) is 5.69 Å². The van der Waals surface area contributed by atoms with Gasteiger partial charge in [-0.1, -0.05) is 0 Å². The second-order valence-corrected chi connectivity index (χ2v) is 5.71. The van der Waals surface area contributed by atoms with Crippen LogP contribution >= 0.6 is 12.2 Å². The van der Waals surface area contributed by atoms with Gasteiger partial charge in [-0.25, -0.2) is 0 Å². The number of rotatable bonds is 3. The fourth-order valence-electron chi connectivity index (χ4n) is 1.52. The highest BCUT2D eigenvalue weighted by atomic mass is 32.1. The van der Waals surface area contributed by atoms with E-state index in [1.54, 1.807) is 0 Å². The molecule has 7 nitrogen and oxygen atoms in total. The molecule has 1 aromatic rings. The second kappa shape index (κ2) is 6.49. The number of amides is 1. The Hall–Kier alpha value is -2.22. The monoisotopic (exact) mass is 311 g/mol. The SMILES string of the molecule is COc1ccc(C(=O)NC(=S)NC(C)(C)C)cc1[N+](=O)[O-]. The number of thiocarbonyl (C=S) groups is 1. The van der Waals surface area contributed by atoms with Crippen molar-refractivity contribution in [3.05, 3.63) is 33.9 Å². The lowest BCUT2D eigenvalue weighted by atomic mass is 10.1. The van der Waals surface area contributed by atoms with Gasteiger partial charge in [-0.05, 0) is 45.1 Å². The Morgan fingerprint density at radius 1 is 1.38 bits per heavy atom. The van der Waals surface area contributed by atoms with Crippen LogP contribution in [0, 0.1) is 10.1 Å². The summed E-state index contributed by atoms with van der Waals surface area (Å²) in [6.07, 6.45) is 0. The van der Waals surface area contributed by atoms with Crippen molar-refractivity contribution in [3.63, 3.8) is 0 Å². The van der Waals surface area contributed by atoms with Crippen molar-refractivity contribution in [1.82, 2.24) is 10.6 Å². The number of nitro groups is 1. The summed E-state index contributed by atoms with van der Waals surface area (Å²) in [5, 5.41) is 16.5. The average Bonchev–Trinajstić information content (AvgIpc) is 2.35. The van der Waals surface area contributed by atoms with Gasteiger partial charge >= 0.3 is 5.69 Å². The average molecular weight is 311 g/mol. The first-order chi connectivity index (χ1) is 9.64. The summed E-state index contributed by atoms with van der Waals surface area (Å²) in [7, 11) is 1.32. The molecule has 1 amide bonds. The van der Waals surface area contributed by atoms with Gasteiger partial charge in [-0.2, -0.15) is 0 Å². The number of nitro benzene ring substituents is 1. The Kier molecular flexibility index (Phi) is 5.20. The van der Waals surface area contributed by atoms with E-state index in [9.17, 15) is 14.9 Å². The van der Waals surface area contributed by atoms with Crippen LogP contribution in [0.15, 0.2) is 18.2 Å². The fourth-order valence-corrected chi connectivity index (χ4v) is 1.92. The maximum Gasteiger partial charge on any atom is 0.311 e. The minimum atomic E-state index is -0.610. The number of carbonyl (C=O) groups excluding carboxylic acids is 1. The van der Waals surface area contributed by atoms with Crippen LogP contribution in [0.5, 0.6) is 5.75 Å². The number of benzene rings is 1. The number of carbonyl (C=O) groups is 1. The van der Waals surface area contributed by atoms with Crippen molar-refractivity contribution in [3.8, 4) is 5.75 Å². The Morgan fingerprint density at radius 3 is 2.48 bits per heavy atom. The Bertz CT molecular complexity index is 581. The quantitative estimate of drug-likeness (QED) is 0.504. The number of nitrogens with one attached hydrogen (secondary N) is 2. The molecule has 0 aliphatic carbocycles. The standard InChI is InChI=1S/C13H17N3O4S/c1-13(2,3)15-12(21)14-11(17)8-5-6-10(20-4)9(7-8)16(18)19/h5-7H,1-4H3,(H2,14,15,17,21). The predicted molar refractivity (Wildman–Crippen MR) is 82.6 cm³/mol. The van der Waals surface area contributed by atoms with E-state index in [0.29, 0.717) is 0 Å². The zero-order valence-electron chi connectivity index (χ0n) is 12.2. The maximum absolute atomic E-state index is 12.0. The first-order valence-electron chi connectivity index (χ1n) is 6.10. The lowest BCUT2D eigenvalue weighted by molar-refractivity contribution is -0.385. The molecule has 0 radical (unpaired) electrons. The zero-order valence-corrected chi connectivity index (χ0v) is 13.0. The molecule has 0 fully saturated rings. The van der Waals surface area contributed by atoms with Gasteiger partial charge < -0.3 is 10.1 Å². The van der Waals surface area contributed by atoms with E-state index in [2.05, 4.69) is 10.6 Å². The third-order valence-corrected chi connectivity index (χ3v) is 2.56. The van der Waals surface area contributed by atoms with Gasteiger partial charge in [0, 0.05) is 17.2 Å². The van der Waals surface area contributed by atoms with E-state index in [1.807, 2.05) is 20.8 Å². The number of methoxy groups -OCH3 is 1. The van der Waals surface area contributed by atoms with Gasteiger partial charge in [0.1, 0.15) is 0 Å². The first-order valence-corrected chi connectivity index (χ1v) is 6.51. The van der Waals surface area contributed by atoms with Crippen LogP contribution in [0.1, 0.15) is 31.1 Å². The molecule has 0 aliphatic rings. The molecular weight excluding hydrogens is 294 g/mol. The highest BCUT2D eigenvalue weighted by Crippen LogP contribution is 2.27. The normalized spacial score (nSPS) is 10.7. The summed E-state index contributed by atoms with van der Waals surface area (Å²) in [5.41, 5.74) is -0.448. The van der Waals surface area contributed by atoms with E-state index in [0.717, 1.165) is 6.07 Å². The lowest BCUT2D eigenvalue weighted by Crippen LogP contribution is -2.48. The molecule has 114 valence electrons. The zero-order chi connectivity index (χ0) is 16.2. The third kappa shape index (κ3) is 4.99. The molecule has 1 rings (SSSR count). The number of ether oxygens (including phenoxy) is 1. The minimum absolute atomic E-state index is 0.0898. The van der Waals surface area contributed by atoms with Crippen LogP contribution in [0.2, 0.25) is 0 Å². The van der Waals surface area contributed by atoms with Gasteiger partial charge in [0.15, 0.2) is 10.9 Å². The van der Waals surface area contributed by atoms with Gasteiger partial charge in [0.05, 0.1) is 12.0 Å². The number of nitrogens with zero attached hydrogens (tertiary/aromatic N) is 1. The Balaban J connectivity index is 2.91. The molecule has 0 bridgehead atoms. The third-order valence-electron chi connectivity index (χ3n) is 2.35. The predicted octanol–water partition coefficient (Wildman–Crippen LogP) is 2.01. The van der Waals surface area contributed by atoms with Crippen LogP contribution in [0.3, 0.4) is 0 Å². The first kappa shape index (κ1) is 16.8. The molecule has 0 atom stereocenters. The summed E-state index contributed by atoms with van der Waals surface area (Å²) in [4.78, 5) is 22.3. The molecule has 0 saturated carbocycles. The minimum Gasteiger partial charge on any atom is -0.490 e. The molecule has 0 saturated heterocycles. The molecule has 0 spiro atoms. The van der Waals surface area contributed by atoms with Gasteiger partial charge in [0.2, 0.25) is 0 Å². The van der Waals surface area contributed by atoms with Gasteiger partial charge in [-0.15, -0.1) is 0 Å². The molecule has 0 unspecified atom stereocenters. The molecule has 21 heavy (non-hydrogen) atoms. The van der Waals surface area contributed by atoms with Crippen molar-refractivity contribution in [2.24, 2.45) is 0 Å². The van der Waals surface area contributed by atoms with E-state index in [-0.39, 0.29) is 27.7 Å². The summed E-state index contributed by atoms with van der Waals surface area (Å²) < 4.78 is 4.88. The maximum atomic E-state index is 12.0. The fraction of sp³-hybridized carbons (Fsp3) is 0.385. The largest absolute Gasteiger partial charge is 0.490 e. The molecular formula is C13H17N3O4S. The summed E-state index contributed by atoms with van der Waals surface area (Å²) in [6.45, 7) is 5.68. The van der Waals surface area contributed by atoms with Crippen LogP contribution in [-0.2, 0) is 0 Å². The highest BCUT2D eigenvalue weighted by molar-refractivity contribution is 7.80. The van der Waals surface area contributed by atoms with Crippen molar-refractivity contribution < 1.29 is 14.5 Å². The van der Waals surface area contributed by atoms with E-state index >= 15 is 0 Å². The van der Waals surface area contributed by atoms with E-state index in [1.165, 1.54) is 19.2 Å². The Labute approximate surface area is 127 Å². The van der Waals surface area contributed by atoms with E-state index in [4.69, 9.17) is 17.0 Å². The van der Waals surface area contributed by atoms with Crippen molar-refractivity contribution in [2.45, 2.75) is 26.3 Å². The topological polar surface area (TPSA) is 93.5 Å². The molecule has 0 aromatic heterocycles.